The zero-order chi connectivity index (χ0) is 12.4. The molecule has 0 aliphatic carbocycles. The van der Waals surface area contributed by atoms with E-state index >= 15 is 0 Å². The maximum absolute atomic E-state index is 12.0. The highest BCUT2D eigenvalue weighted by Crippen LogP contribution is 2.22. The molecule has 0 saturated heterocycles. The normalized spacial score (nSPS) is 17.5. The molecule has 1 aromatic rings. The number of ether oxygens (including phenoxy) is 1. The third-order valence-electron chi connectivity index (χ3n) is 2.05. The quantitative estimate of drug-likeness (QED) is 0.659. The summed E-state index contributed by atoms with van der Waals surface area (Å²) in [5.41, 5.74) is 5.67. The summed E-state index contributed by atoms with van der Waals surface area (Å²) in [5, 5.41) is 0. The number of carbonyl (C=O) groups excluding carboxylic acids is 2. The van der Waals surface area contributed by atoms with Crippen molar-refractivity contribution in [2.45, 2.75) is 0 Å². The van der Waals surface area contributed by atoms with Gasteiger partial charge in [-0.1, -0.05) is 30.3 Å². The second kappa shape index (κ2) is 4.50. The van der Waals surface area contributed by atoms with Gasteiger partial charge in [-0.05, 0) is 15.9 Å². The van der Waals surface area contributed by atoms with Gasteiger partial charge in [0.2, 0.25) is 11.5 Å². The Morgan fingerprint density at radius 2 is 1.94 bits per heavy atom. The molecule has 17 heavy (non-hydrogen) atoms. The molecule has 0 fully saturated rings. The number of rotatable bonds is 2. The summed E-state index contributed by atoms with van der Waals surface area (Å²) < 4.78 is 4.88. The molecule has 1 aliphatic rings. The minimum atomic E-state index is -0.668. The molecule has 1 aliphatic heterocycles. The lowest BCUT2D eigenvalue weighted by Crippen LogP contribution is -2.11. The number of amidine groups is 1. The molecule has 5 nitrogen and oxygen atoms in total. The van der Waals surface area contributed by atoms with Gasteiger partial charge in [0.1, 0.15) is 4.48 Å². The number of halogens is 1. The number of benzene rings is 1. The summed E-state index contributed by atoms with van der Waals surface area (Å²) in [7, 11) is 0. The molecule has 6 heteroatoms. The van der Waals surface area contributed by atoms with Gasteiger partial charge in [0.25, 0.3) is 6.02 Å². The molecule has 2 rings (SSSR count). The van der Waals surface area contributed by atoms with Gasteiger partial charge >= 0.3 is 5.91 Å². The molecule has 0 aromatic heterocycles. The van der Waals surface area contributed by atoms with Crippen molar-refractivity contribution in [1.29, 1.82) is 0 Å². The highest BCUT2D eigenvalue weighted by Gasteiger charge is 2.27. The topological polar surface area (TPSA) is 81.8 Å². The van der Waals surface area contributed by atoms with Crippen LogP contribution in [-0.4, -0.2) is 17.7 Å². The van der Waals surface area contributed by atoms with Crippen LogP contribution in [0.3, 0.4) is 0 Å². The first kappa shape index (κ1) is 11.5. The van der Waals surface area contributed by atoms with Crippen LogP contribution in [0.25, 0.3) is 0 Å². The highest BCUT2D eigenvalue weighted by molar-refractivity contribution is 9.12. The average molecular weight is 295 g/mol. The fraction of sp³-hybridized carbons (Fsp3) is 0. The molecule has 2 N–H and O–H groups in total. The number of allylic oxidation sites excluding steroid dienone is 1. The van der Waals surface area contributed by atoms with E-state index in [1.165, 1.54) is 0 Å². The number of ketones is 1. The molecule has 0 unspecified atom stereocenters. The Balaban J connectivity index is 2.34. The molecule has 1 heterocycles. The van der Waals surface area contributed by atoms with Crippen molar-refractivity contribution >= 4 is 33.6 Å². The van der Waals surface area contributed by atoms with Gasteiger partial charge in [-0.15, -0.1) is 0 Å². The van der Waals surface area contributed by atoms with E-state index in [-0.39, 0.29) is 22.0 Å². The van der Waals surface area contributed by atoms with Crippen molar-refractivity contribution in [1.82, 2.24) is 0 Å². The summed E-state index contributed by atoms with van der Waals surface area (Å²) in [6.45, 7) is 0. The fourth-order valence-electron chi connectivity index (χ4n) is 1.28. The molecule has 0 atom stereocenters. The third kappa shape index (κ3) is 2.26. The number of hydrogen-bond donors (Lipinski definition) is 1. The molecule has 0 bridgehead atoms. The largest absolute Gasteiger partial charge is 0.419 e. The van der Waals surface area contributed by atoms with Crippen molar-refractivity contribution in [2.24, 2.45) is 10.7 Å². The molecule has 0 saturated carbocycles. The highest BCUT2D eigenvalue weighted by atomic mass is 79.9. The molecule has 1 aromatic carbocycles. The number of hydrogen-bond acceptors (Lipinski definition) is 4. The number of carbonyl (C=O) groups is 2. The summed E-state index contributed by atoms with van der Waals surface area (Å²) in [6.07, 6.45) is 0. The Morgan fingerprint density at radius 1 is 1.29 bits per heavy atom. The van der Waals surface area contributed by atoms with Crippen molar-refractivity contribution in [3.8, 4) is 0 Å². The monoisotopic (exact) mass is 294 g/mol. The van der Waals surface area contributed by atoms with E-state index in [2.05, 4.69) is 20.9 Å². The maximum Gasteiger partial charge on any atom is 0.318 e. The summed E-state index contributed by atoms with van der Waals surface area (Å²) in [6, 6.07) is 8.24. The van der Waals surface area contributed by atoms with Crippen LogP contribution in [0.15, 0.2) is 45.6 Å². The first-order valence-corrected chi connectivity index (χ1v) is 5.45. The van der Waals surface area contributed by atoms with Crippen LogP contribution in [-0.2, 0) is 9.53 Å². The zero-order valence-electron chi connectivity index (χ0n) is 8.51. The Morgan fingerprint density at radius 3 is 2.47 bits per heavy atom. The summed E-state index contributed by atoms with van der Waals surface area (Å²) in [5.74, 6) is -1.21. The Bertz CT molecular complexity index is 549. The van der Waals surface area contributed by atoms with Gasteiger partial charge in [-0.3, -0.25) is 9.59 Å². The van der Waals surface area contributed by atoms with Crippen LogP contribution < -0.4 is 5.73 Å². The van der Waals surface area contributed by atoms with E-state index in [9.17, 15) is 9.59 Å². The van der Waals surface area contributed by atoms with E-state index in [4.69, 9.17) is 10.5 Å². The minimum Gasteiger partial charge on any atom is -0.419 e. The summed E-state index contributed by atoms with van der Waals surface area (Å²) in [4.78, 5) is 26.6. The first-order valence-electron chi connectivity index (χ1n) is 4.65. The Kier molecular flexibility index (Phi) is 3.06. The van der Waals surface area contributed by atoms with E-state index < -0.39 is 5.91 Å². The first-order chi connectivity index (χ1) is 8.09. The predicted molar refractivity (Wildman–Crippen MR) is 64.4 cm³/mol. The summed E-state index contributed by atoms with van der Waals surface area (Å²) >= 11 is 3.03. The molecule has 0 spiro atoms. The Labute approximate surface area is 105 Å². The lowest BCUT2D eigenvalue weighted by molar-refractivity contribution is -0.115. The van der Waals surface area contributed by atoms with Crippen LogP contribution in [0, 0.1) is 0 Å². The lowest BCUT2D eigenvalue weighted by atomic mass is 10.1. The Hall–Kier alpha value is -1.95. The average Bonchev–Trinajstić information content (AvgIpc) is 2.68. The van der Waals surface area contributed by atoms with Gasteiger partial charge in [-0.25, -0.2) is 0 Å². The van der Waals surface area contributed by atoms with Crippen molar-refractivity contribution < 1.29 is 14.3 Å². The molecule has 86 valence electrons. The van der Waals surface area contributed by atoms with Crippen LogP contribution in [0.5, 0.6) is 0 Å². The number of nitrogens with two attached hydrogens (primary N) is 1. The van der Waals surface area contributed by atoms with Gasteiger partial charge in [0.05, 0.1) is 0 Å². The number of amides is 1. The van der Waals surface area contributed by atoms with Crippen LogP contribution in [0.4, 0.5) is 0 Å². The second-order valence-corrected chi connectivity index (χ2v) is 3.99. The van der Waals surface area contributed by atoms with Gasteiger partial charge in [0, 0.05) is 5.56 Å². The van der Waals surface area contributed by atoms with Crippen LogP contribution in [0.1, 0.15) is 10.4 Å². The molecular formula is C11H7BrN2O3. The van der Waals surface area contributed by atoms with Crippen LogP contribution >= 0.6 is 15.9 Å². The van der Waals surface area contributed by atoms with Crippen molar-refractivity contribution in [3.05, 3.63) is 46.1 Å². The molecule has 1 amide bonds. The van der Waals surface area contributed by atoms with Crippen molar-refractivity contribution in [2.75, 3.05) is 0 Å². The van der Waals surface area contributed by atoms with Gasteiger partial charge in [-0.2, -0.15) is 4.99 Å². The fourth-order valence-corrected chi connectivity index (χ4v) is 1.76. The standard InChI is InChI=1S/C11H7BrN2O3/c12-7(9-10(16)14-11(13)17-9)8(15)6-4-2-1-3-5-6/h1-5H,(H2,13,14,16)/b9-7+. The number of nitrogens with zero attached hydrogens (tertiary/aromatic N) is 1. The van der Waals surface area contributed by atoms with Gasteiger partial charge < -0.3 is 10.5 Å². The van der Waals surface area contributed by atoms with Gasteiger partial charge in [0.15, 0.2) is 0 Å². The van der Waals surface area contributed by atoms with Crippen molar-refractivity contribution in [3.63, 3.8) is 0 Å². The molecular weight excluding hydrogens is 288 g/mol. The maximum atomic E-state index is 12.0. The number of aliphatic imine (C=N–C) groups is 1. The van der Waals surface area contributed by atoms with Crippen LogP contribution in [0.2, 0.25) is 0 Å². The third-order valence-corrected chi connectivity index (χ3v) is 2.77. The van der Waals surface area contributed by atoms with E-state index in [1.807, 2.05) is 0 Å². The van der Waals surface area contributed by atoms with E-state index in [1.54, 1.807) is 30.3 Å². The molecule has 0 radical (unpaired) electrons. The van der Waals surface area contributed by atoms with E-state index in [0.717, 1.165) is 0 Å². The lowest BCUT2D eigenvalue weighted by Gasteiger charge is -2.02. The zero-order valence-corrected chi connectivity index (χ0v) is 10.1. The smallest absolute Gasteiger partial charge is 0.318 e. The SMILES string of the molecule is NC1=NC(=O)/C(=C(\Br)C(=O)c2ccccc2)O1. The second-order valence-electron chi connectivity index (χ2n) is 3.20. The minimum absolute atomic E-state index is 0.0119. The van der Waals surface area contributed by atoms with E-state index in [0.29, 0.717) is 5.56 Å². The predicted octanol–water partition coefficient (Wildman–Crippen LogP) is 1.35. The number of Topliss-reactive ketones (excluding diaryl/α,β-unsaturated/α-hetero) is 1.